The standard InChI is InChI=1S/C23H27N3OS/c27-22-20-11-5-6-12-21(20)24-23(28-18-17-25-14-7-2-8-15-25)26(22)16-13-19-9-3-1-4-10-19/h1,3-6,9-12H,2,7-8,13-18H2/p+1. The van der Waals surface area contributed by atoms with E-state index in [0.29, 0.717) is 11.9 Å². The molecule has 4 rings (SSSR count). The van der Waals surface area contributed by atoms with Gasteiger partial charge in [-0.1, -0.05) is 54.2 Å². The van der Waals surface area contributed by atoms with Crippen LogP contribution in [0.4, 0.5) is 0 Å². The monoisotopic (exact) mass is 394 g/mol. The molecule has 3 aromatic rings. The first-order chi connectivity index (χ1) is 13.8. The third-order valence-corrected chi connectivity index (χ3v) is 6.52. The normalized spacial score (nSPS) is 15.1. The molecule has 1 aliphatic heterocycles. The molecule has 2 aromatic carbocycles. The average Bonchev–Trinajstić information content (AvgIpc) is 2.75. The van der Waals surface area contributed by atoms with E-state index in [4.69, 9.17) is 4.98 Å². The maximum Gasteiger partial charge on any atom is 0.262 e. The van der Waals surface area contributed by atoms with E-state index < -0.39 is 0 Å². The number of nitrogens with zero attached hydrogens (tertiary/aromatic N) is 2. The van der Waals surface area contributed by atoms with Gasteiger partial charge in [0.1, 0.15) is 0 Å². The number of rotatable bonds is 7. The highest BCUT2D eigenvalue weighted by Crippen LogP contribution is 2.18. The highest BCUT2D eigenvalue weighted by Gasteiger charge is 2.15. The Balaban J connectivity index is 1.54. The molecule has 1 N–H and O–H groups in total. The van der Waals surface area contributed by atoms with Gasteiger partial charge in [0.25, 0.3) is 5.56 Å². The summed E-state index contributed by atoms with van der Waals surface area (Å²) in [7, 11) is 0. The molecule has 0 spiro atoms. The van der Waals surface area contributed by atoms with Crippen LogP contribution in [0.1, 0.15) is 24.8 Å². The van der Waals surface area contributed by atoms with Gasteiger partial charge in [-0.15, -0.1) is 0 Å². The molecule has 1 aliphatic rings. The van der Waals surface area contributed by atoms with Crippen molar-refractivity contribution < 1.29 is 4.90 Å². The number of piperidine rings is 1. The Morgan fingerprint density at radius 2 is 1.71 bits per heavy atom. The minimum Gasteiger partial charge on any atom is -0.334 e. The maximum absolute atomic E-state index is 13.1. The number of quaternary nitrogens is 1. The van der Waals surface area contributed by atoms with Crippen molar-refractivity contribution in [3.05, 3.63) is 70.5 Å². The molecule has 1 fully saturated rings. The molecule has 146 valence electrons. The fraction of sp³-hybridized carbons (Fsp3) is 0.391. The number of aromatic nitrogens is 2. The third-order valence-electron chi connectivity index (χ3n) is 5.54. The van der Waals surface area contributed by atoms with Gasteiger partial charge < -0.3 is 4.90 Å². The van der Waals surface area contributed by atoms with Gasteiger partial charge in [-0.25, -0.2) is 4.98 Å². The SMILES string of the molecule is O=c1c2ccccc2nc(SCC[NH+]2CCCCC2)n1CCc1ccccc1. The summed E-state index contributed by atoms with van der Waals surface area (Å²) in [6, 6.07) is 18.1. The first kappa shape index (κ1) is 19.2. The number of para-hydroxylation sites is 1. The van der Waals surface area contributed by atoms with Gasteiger partial charge in [-0.05, 0) is 43.4 Å². The van der Waals surface area contributed by atoms with Crippen LogP contribution in [0.3, 0.4) is 0 Å². The molecular formula is C23H28N3OS+. The van der Waals surface area contributed by atoms with E-state index >= 15 is 0 Å². The lowest BCUT2D eigenvalue weighted by molar-refractivity contribution is -0.902. The zero-order valence-electron chi connectivity index (χ0n) is 16.3. The lowest BCUT2D eigenvalue weighted by atomic mass is 10.1. The van der Waals surface area contributed by atoms with Crippen LogP contribution in [-0.4, -0.2) is 34.9 Å². The lowest BCUT2D eigenvalue weighted by Gasteiger charge is -2.23. The average molecular weight is 395 g/mol. The molecular weight excluding hydrogens is 366 g/mol. The molecule has 0 atom stereocenters. The van der Waals surface area contributed by atoms with Crippen LogP contribution >= 0.6 is 11.8 Å². The second-order valence-electron chi connectivity index (χ2n) is 7.51. The number of likely N-dealkylation sites (tertiary alicyclic amines) is 1. The fourth-order valence-electron chi connectivity index (χ4n) is 3.93. The Morgan fingerprint density at radius 1 is 0.964 bits per heavy atom. The smallest absolute Gasteiger partial charge is 0.262 e. The van der Waals surface area contributed by atoms with Crippen molar-refractivity contribution in [2.45, 2.75) is 37.4 Å². The molecule has 0 aliphatic carbocycles. The second-order valence-corrected chi connectivity index (χ2v) is 8.58. The molecule has 1 aromatic heterocycles. The van der Waals surface area contributed by atoms with Crippen LogP contribution in [0.25, 0.3) is 10.9 Å². The van der Waals surface area contributed by atoms with E-state index in [9.17, 15) is 4.79 Å². The number of nitrogens with one attached hydrogen (secondary N) is 1. The zero-order chi connectivity index (χ0) is 19.2. The number of benzene rings is 2. The molecule has 4 nitrogen and oxygen atoms in total. The summed E-state index contributed by atoms with van der Waals surface area (Å²) in [6.45, 7) is 4.38. The summed E-state index contributed by atoms with van der Waals surface area (Å²) < 4.78 is 1.88. The van der Waals surface area contributed by atoms with E-state index in [0.717, 1.165) is 29.4 Å². The van der Waals surface area contributed by atoms with Crippen LogP contribution < -0.4 is 10.5 Å². The van der Waals surface area contributed by atoms with Gasteiger partial charge in [0, 0.05) is 6.54 Å². The quantitative estimate of drug-likeness (QED) is 0.495. The summed E-state index contributed by atoms with van der Waals surface area (Å²) >= 11 is 1.74. The molecule has 0 unspecified atom stereocenters. The number of hydrogen-bond acceptors (Lipinski definition) is 3. The van der Waals surface area contributed by atoms with E-state index in [1.54, 1.807) is 16.7 Å². The summed E-state index contributed by atoms with van der Waals surface area (Å²) in [5.41, 5.74) is 2.13. The Labute approximate surface area is 170 Å². The Kier molecular flexibility index (Phi) is 6.45. The van der Waals surface area contributed by atoms with Crippen molar-refractivity contribution in [3.8, 4) is 0 Å². The van der Waals surface area contributed by atoms with E-state index in [-0.39, 0.29) is 5.56 Å². The minimum atomic E-state index is 0.0781. The van der Waals surface area contributed by atoms with Gasteiger partial charge in [-0.2, -0.15) is 0 Å². The number of thioether (sulfide) groups is 1. The first-order valence-corrected chi connectivity index (χ1v) is 11.3. The Hall–Kier alpha value is -2.11. The molecule has 0 bridgehead atoms. The number of hydrogen-bond donors (Lipinski definition) is 1. The van der Waals surface area contributed by atoms with Gasteiger partial charge >= 0.3 is 0 Å². The molecule has 1 saturated heterocycles. The van der Waals surface area contributed by atoms with Gasteiger partial charge in [0.05, 0.1) is 36.3 Å². The summed E-state index contributed by atoms with van der Waals surface area (Å²) in [6.07, 6.45) is 4.90. The van der Waals surface area contributed by atoms with Crippen LogP contribution in [0.5, 0.6) is 0 Å². The van der Waals surface area contributed by atoms with E-state index in [1.165, 1.54) is 37.9 Å². The van der Waals surface area contributed by atoms with Crippen molar-refractivity contribution in [2.24, 2.45) is 0 Å². The van der Waals surface area contributed by atoms with Gasteiger partial charge in [0.2, 0.25) is 0 Å². The summed E-state index contributed by atoms with van der Waals surface area (Å²) in [5.74, 6) is 1.01. The Bertz CT molecular complexity index is 964. The molecule has 0 radical (unpaired) electrons. The van der Waals surface area contributed by atoms with Crippen LogP contribution in [0.15, 0.2) is 64.5 Å². The molecule has 0 saturated carbocycles. The molecule has 5 heteroatoms. The molecule has 0 amide bonds. The number of fused-ring (bicyclic) bond motifs is 1. The maximum atomic E-state index is 13.1. The fourth-order valence-corrected chi connectivity index (χ4v) is 5.00. The highest BCUT2D eigenvalue weighted by atomic mass is 32.2. The van der Waals surface area contributed by atoms with Gasteiger partial charge in [-0.3, -0.25) is 9.36 Å². The largest absolute Gasteiger partial charge is 0.334 e. The second kappa shape index (κ2) is 9.39. The Morgan fingerprint density at radius 3 is 2.54 bits per heavy atom. The van der Waals surface area contributed by atoms with Crippen molar-refractivity contribution >= 4 is 22.7 Å². The van der Waals surface area contributed by atoms with Crippen molar-refractivity contribution in [1.82, 2.24) is 9.55 Å². The topological polar surface area (TPSA) is 39.3 Å². The predicted molar refractivity (Wildman–Crippen MR) is 116 cm³/mol. The predicted octanol–water partition coefficient (Wildman–Crippen LogP) is 2.80. The van der Waals surface area contributed by atoms with E-state index in [1.807, 2.05) is 47.0 Å². The lowest BCUT2D eigenvalue weighted by Crippen LogP contribution is -3.13. The van der Waals surface area contributed by atoms with Crippen LogP contribution in [0, 0.1) is 0 Å². The third kappa shape index (κ3) is 4.65. The summed E-state index contributed by atoms with van der Waals surface area (Å²) in [4.78, 5) is 19.7. The van der Waals surface area contributed by atoms with Gasteiger partial charge in [0.15, 0.2) is 5.16 Å². The minimum absolute atomic E-state index is 0.0781. The molecule has 28 heavy (non-hydrogen) atoms. The first-order valence-electron chi connectivity index (χ1n) is 10.3. The van der Waals surface area contributed by atoms with Crippen molar-refractivity contribution in [1.29, 1.82) is 0 Å². The van der Waals surface area contributed by atoms with E-state index in [2.05, 4.69) is 12.1 Å². The summed E-state index contributed by atoms with van der Waals surface area (Å²) in [5, 5.41) is 1.57. The van der Waals surface area contributed by atoms with Crippen LogP contribution in [-0.2, 0) is 13.0 Å². The van der Waals surface area contributed by atoms with Crippen molar-refractivity contribution in [3.63, 3.8) is 0 Å². The van der Waals surface area contributed by atoms with Crippen molar-refractivity contribution in [2.75, 3.05) is 25.4 Å². The van der Waals surface area contributed by atoms with Crippen LogP contribution in [0.2, 0.25) is 0 Å². The highest BCUT2D eigenvalue weighted by molar-refractivity contribution is 7.99. The zero-order valence-corrected chi connectivity index (χ0v) is 17.1. The molecule has 2 heterocycles. The number of aryl methyl sites for hydroxylation is 1.